The molecule has 0 aromatic carbocycles. The summed E-state index contributed by atoms with van der Waals surface area (Å²) in [6.07, 6.45) is 4.43. The summed E-state index contributed by atoms with van der Waals surface area (Å²) in [6.45, 7) is 2.75. The van der Waals surface area contributed by atoms with Crippen molar-refractivity contribution in [2.75, 3.05) is 13.6 Å². The number of carbonyl (C=O) groups is 1. The minimum absolute atomic E-state index is 0.0414. The topological polar surface area (TPSA) is 85.4 Å². The molecule has 0 saturated heterocycles. The largest absolute Gasteiger partial charge is 0.345 e. The summed E-state index contributed by atoms with van der Waals surface area (Å²) in [6, 6.07) is 1.31. The van der Waals surface area contributed by atoms with E-state index in [1.807, 2.05) is 0 Å². The first-order valence-electron chi connectivity index (χ1n) is 6.22. The van der Waals surface area contributed by atoms with Crippen molar-refractivity contribution in [1.29, 1.82) is 0 Å². The van der Waals surface area contributed by atoms with E-state index in [0.29, 0.717) is 12.2 Å². The molecule has 108 valence electrons. The molecule has 0 unspecified atom stereocenters. The van der Waals surface area contributed by atoms with Gasteiger partial charge in [-0.2, -0.15) is 0 Å². The monoisotopic (exact) mass is 287 g/mol. The Balaban J connectivity index is 2.85. The number of hydrogen-bond donors (Lipinski definition) is 1. The zero-order valence-electron chi connectivity index (χ0n) is 11.6. The number of aromatic nitrogens is 1. The van der Waals surface area contributed by atoms with Crippen LogP contribution in [-0.4, -0.2) is 37.4 Å². The quantitative estimate of drug-likeness (QED) is 0.790. The van der Waals surface area contributed by atoms with Gasteiger partial charge >= 0.3 is 0 Å². The molecule has 0 aliphatic heterocycles. The molecule has 0 aliphatic carbocycles. The molecule has 0 atom stereocenters. The van der Waals surface area contributed by atoms with E-state index in [4.69, 9.17) is 5.14 Å². The van der Waals surface area contributed by atoms with Gasteiger partial charge in [-0.1, -0.05) is 19.8 Å². The van der Waals surface area contributed by atoms with Gasteiger partial charge in [0.15, 0.2) is 0 Å². The number of rotatable bonds is 6. The lowest BCUT2D eigenvalue weighted by Gasteiger charge is -2.17. The minimum Gasteiger partial charge on any atom is -0.345 e. The first kappa shape index (κ1) is 15.7. The van der Waals surface area contributed by atoms with E-state index >= 15 is 0 Å². The minimum atomic E-state index is -3.78. The van der Waals surface area contributed by atoms with Gasteiger partial charge in [-0.15, -0.1) is 0 Å². The molecule has 0 bridgehead atoms. The van der Waals surface area contributed by atoms with E-state index in [-0.39, 0.29) is 10.8 Å². The average Bonchev–Trinajstić information content (AvgIpc) is 2.70. The average molecular weight is 287 g/mol. The van der Waals surface area contributed by atoms with Crippen LogP contribution in [0, 0.1) is 0 Å². The molecule has 1 aromatic heterocycles. The second-order valence-corrected chi connectivity index (χ2v) is 6.21. The summed E-state index contributed by atoms with van der Waals surface area (Å²) >= 11 is 0. The Morgan fingerprint density at radius 3 is 2.53 bits per heavy atom. The Labute approximate surface area is 114 Å². The zero-order chi connectivity index (χ0) is 14.6. The smallest absolute Gasteiger partial charge is 0.270 e. The zero-order valence-corrected chi connectivity index (χ0v) is 12.4. The molecule has 19 heavy (non-hydrogen) atoms. The van der Waals surface area contributed by atoms with Crippen molar-refractivity contribution in [3.05, 3.63) is 18.0 Å². The second-order valence-electron chi connectivity index (χ2n) is 4.65. The van der Waals surface area contributed by atoms with Gasteiger partial charge < -0.3 is 9.47 Å². The number of hydrogen-bond acceptors (Lipinski definition) is 3. The van der Waals surface area contributed by atoms with E-state index in [1.54, 1.807) is 19.0 Å². The van der Waals surface area contributed by atoms with Crippen molar-refractivity contribution in [2.45, 2.75) is 31.1 Å². The van der Waals surface area contributed by atoms with Crippen LogP contribution < -0.4 is 5.14 Å². The standard InChI is InChI=1S/C12H21N3O3S/c1-4-5-6-7-14(2)12(16)11-8-10(9-15(11)3)19(13,17)18/h8-9H,4-7H2,1-3H3,(H2,13,17,18). The van der Waals surface area contributed by atoms with Gasteiger partial charge in [0, 0.05) is 26.8 Å². The molecule has 1 aromatic rings. The molecule has 1 heterocycles. The molecule has 1 rings (SSSR count). The van der Waals surface area contributed by atoms with Gasteiger partial charge in [-0.3, -0.25) is 4.79 Å². The number of sulfonamides is 1. The number of carbonyl (C=O) groups excluding carboxylic acids is 1. The molecule has 0 saturated carbocycles. The van der Waals surface area contributed by atoms with Crippen molar-refractivity contribution < 1.29 is 13.2 Å². The molecular weight excluding hydrogens is 266 g/mol. The predicted octanol–water partition coefficient (Wildman–Crippen LogP) is 0.935. The van der Waals surface area contributed by atoms with Gasteiger partial charge in [0.05, 0.1) is 0 Å². The van der Waals surface area contributed by atoms with Gasteiger partial charge in [0.2, 0.25) is 10.0 Å². The third-order valence-corrected chi connectivity index (χ3v) is 3.85. The fourth-order valence-electron chi connectivity index (χ4n) is 1.80. The summed E-state index contributed by atoms with van der Waals surface area (Å²) in [5, 5.41) is 5.05. The van der Waals surface area contributed by atoms with E-state index in [1.165, 1.54) is 16.8 Å². The Bertz CT molecular complexity index is 549. The second kappa shape index (κ2) is 6.21. The molecule has 6 nitrogen and oxygen atoms in total. The van der Waals surface area contributed by atoms with Crippen LogP contribution in [0.15, 0.2) is 17.2 Å². The van der Waals surface area contributed by atoms with E-state index in [9.17, 15) is 13.2 Å². The van der Waals surface area contributed by atoms with Crippen LogP contribution in [0.3, 0.4) is 0 Å². The Morgan fingerprint density at radius 2 is 2.05 bits per heavy atom. The molecule has 7 heteroatoms. The number of nitrogens with zero attached hydrogens (tertiary/aromatic N) is 2. The Morgan fingerprint density at radius 1 is 1.42 bits per heavy atom. The number of aryl methyl sites for hydroxylation is 1. The first-order valence-corrected chi connectivity index (χ1v) is 7.76. The maximum absolute atomic E-state index is 12.2. The van der Waals surface area contributed by atoms with Crippen LogP contribution in [0.4, 0.5) is 0 Å². The lowest BCUT2D eigenvalue weighted by molar-refractivity contribution is 0.0783. The lowest BCUT2D eigenvalue weighted by Crippen LogP contribution is -2.29. The third-order valence-electron chi connectivity index (χ3n) is 2.97. The predicted molar refractivity (Wildman–Crippen MR) is 73.3 cm³/mol. The molecule has 2 N–H and O–H groups in total. The fraction of sp³-hybridized carbons (Fsp3) is 0.583. The van der Waals surface area contributed by atoms with Gasteiger partial charge in [0.1, 0.15) is 10.6 Å². The summed E-state index contributed by atoms with van der Waals surface area (Å²) in [7, 11) is -0.439. The summed E-state index contributed by atoms with van der Waals surface area (Å²) in [4.78, 5) is 13.7. The molecule has 1 amide bonds. The number of amides is 1. The number of primary sulfonamides is 1. The number of unbranched alkanes of at least 4 members (excludes halogenated alkanes) is 2. The highest BCUT2D eigenvalue weighted by Crippen LogP contribution is 2.13. The number of nitrogens with two attached hydrogens (primary N) is 1. The van der Waals surface area contributed by atoms with Crippen LogP contribution >= 0.6 is 0 Å². The van der Waals surface area contributed by atoms with E-state index in [0.717, 1.165) is 19.3 Å². The van der Waals surface area contributed by atoms with Crippen LogP contribution in [0.1, 0.15) is 36.7 Å². The maximum atomic E-state index is 12.2. The molecule has 0 aliphatic rings. The lowest BCUT2D eigenvalue weighted by atomic mass is 10.2. The van der Waals surface area contributed by atoms with Crippen molar-refractivity contribution >= 4 is 15.9 Å². The summed E-state index contributed by atoms with van der Waals surface area (Å²) in [5.41, 5.74) is 0.322. The molecule has 0 spiro atoms. The normalized spacial score (nSPS) is 11.6. The van der Waals surface area contributed by atoms with Crippen molar-refractivity contribution in [3.63, 3.8) is 0 Å². The molecular formula is C12H21N3O3S. The third kappa shape index (κ3) is 4.07. The van der Waals surface area contributed by atoms with Crippen LogP contribution in [0.5, 0.6) is 0 Å². The van der Waals surface area contributed by atoms with Crippen LogP contribution in [0.2, 0.25) is 0 Å². The van der Waals surface area contributed by atoms with Gasteiger partial charge in [-0.25, -0.2) is 13.6 Å². The van der Waals surface area contributed by atoms with Crippen LogP contribution in [-0.2, 0) is 17.1 Å². The van der Waals surface area contributed by atoms with E-state index < -0.39 is 10.0 Å². The summed E-state index contributed by atoms with van der Waals surface area (Å²) < 4.78 is 24.0. The molecule has 0 radical (unpaired) electrons. The summed E-state index contributed by atoms with van der Waals surface area (Å²) in [5.74, 6) is -0.200. The first-order chi connectivity index (χ1) is 8.77. The van der Waals surface area contributed by atoms with Crippen molar-refractivity contribution in [2.24, 2.45) is 12.2 Å². The highest BCUT2D eigenvalue weighted by molar-refractivity contribution is 7.89. The Hall–Kier alpha value is -1.34. The highest BCUT2D eigenvalue weighted by atomic mass is 32.2. The highest BCUT2D eigenvalue weighted by Gasteiger charge is 2.19. The maximum Gasteiger partial charge on any atom is 0.270 e. The van der Waals surface area contributed by atoms with Crippen molar-refractivity contribution in [1.82, 2.24) is 9.47 Å². The SMILES string of the molecule is CCCCCN(C)C(=O)c1cc(S(N)(=O)=O)cn1C. The Kier molecular flexibility index (Phi) is 5.13. The van der Waals surface area contributed by atoms with Gasteiger partial charge in [-0.05, 0) is 12.5 Å². The van der Waals surface area contributed by atoms with Gasteiger partial charge in [0.25, 0.3) is 5.91 Å². The van der Waals surface area contributed by atoms with Crippen molar-refractivity contribution in [3.8, 4) is 0 Å². The molecule has 0 fully saturated rings. The fourth-order valence-corrected chi connectivity index (χ4v) is 2.38. The van der Waals surface area contributed by atoms with Crippen LogP contribution in [0.25, 0.3) is 0 Å². The van der Waals surface area contributed by atoms with E-state index in [2.05, 4.69) is 6.92 Å².